The Morgan fingerprint density at radius 1 is 1.33 bits per heavy atom. The van der Waals surface area contributed by atoms with E-state index in [4.69, 9.17) is 11.6 Å². The summed E-state index contributed by atoms with van der Waals surface area (Å²) in [5, 5.41) is -0.0238. The second kappa shape index (κ2) is 2.95. The number of hydrogen-bond acceptors (Lipinski definition) is 0. The number of halogens is 3. The van der Waals surface area contributed by atoms with Gasteiger partial charge in [-0.3, -0.25) is 0 Å². The number of fused-ring (bicyclic) bond motifs is 1. The summed E-state index contributed by atoms with van der Waals surface area (Å²) >= 11 is 5.50. The SMILES string of the molecule is Fc1cc2c(ccn2C2CC2)c(F)c1Cl. The van der Waals surface area contributed by atoms with Crippen LogP contribution in [0.5, 0.6) is 0 Å². The first-order valence-corrected chi connectivity index (χ1v) is 5.20. The van der Waals surface area contributed by atoms with Crippen molar-refractivity contribution in [1.82, 2.24) is 4.57 Å². The van der Waals surface area contributed by atoms with Crippen molar-refractivity contribution in [2.45, 2.75) is 18.9 Å². The minimum Gasteiger partial charge on any atom is -0.344 e. The first-order valence-electron chi connectivity index (χ1n) is 4.82. The molecule has 2 aromatic rings. The maximum Gasteiger partial charge on any atom is 0.154 e. The minimum absolute atomic E-state index is 0.397. The van der Waals surface area contributed by atoms with Crippen molar-refractivity contribution >= 4 is 22.5 Å². The molecule has 1 heterocycles. The third-order valence-corrected chi connectivity index (χ3v) is 3.14. The topological polar surface area (TPSA) is 4.93 Å². The van der Waals surface area contributed by atoms with Crippen molar-refractivity contribution in [1.29, 1.82) is 0 Å². The lowest BCUT2D eigenvalue weighted by Gasteiger charge is -2.04. The van der Waals surface area contributed by atoms with E-state index in [0.717, 1.165) is 12.8 Å². The van der Waals surface area contributed by atoms with Crippen molar-refractivity contribution in [3.63, 3.8) is 0 Å². The van der Waals surface area contributed by atoms with Crippen LogP contribution in [-0.4, -0.2) is 4.57 Å². The molecule has 1 nitrogen and oxygen atoms in total. The molecule has 0 spiro atoms. The average molecular weight is 228 g/mol. The van der Waals surface area contributed by atoms with E-state index in [2.05, 4.69) is 0 Å². The fourth-order valence-corrected chi connectivity index (χ4v) is 2.03. The maximum absolute atomic E-state index is 13.6. The fraction of sp³-hybridized carbons (Fsp3) is 0.273. The van der Waals surface area contributed by atoms with Crippen molar-refractivity contribution in [2.75, 3.05) is 0 Å². The molecule has 1 aliphatic rings. The number of rotatable bonds is 1. The van der Waals surface area contributed by atoms with Crippen LogP contribution >= 0.6 is 11.6 Å². The molecule has 3 rings (SSSR count). The summed E-state index contributed by atoms with van der Waals surface area (Å²) in [4.78, 5) is 0. The van der Waals surface area contributed by atoms with Crippen LogP contribution in [0, 0.1) is 11.6 Å². The van der Waals surface area contributed by atoms with Gasteiger partial charge in [0.2, 0.25) is 0 Å². The highest BCUT2D eigenvalue weighted by atomic mass is 35.5. The van der Waals surface area contributed by atoms with Gasteiger partial charge in [-0.25, -0.2) is 8.78 Å². The Morgan fingerprint density at radius 2 is 2.07 bits per heavy atom. The molecule has 0 bridgehead atoms. The van der Waals surface area contributed by atoms with Crippen molar-refractivity contribution in [2.24, 2.45) is 0 Å². The third-order valence-electron chi connectivity index (χ3n) is 2.80. The number of aromatic nitrogens is 1. The second-order valence-electron chi connectivity index (χ2n) is 3.87. The zero-order valence-corrected chi connectivity index (χ0v) is 8.56. The first-order chi connectivity index (χ1) is 7.18. The van der Waals surface area contributed by atoms with Crippen LogP contribution in [0.4, 0.5) is 8.78 Å². The van der Waals surface area contributed by atoms with Gasteiger partial charge in [-0.2, -0.15) is 0 Å². The molecule has 15 heavy (non-hydrogen) atoms. The van der Waals surface area contributed by atoms with Gasteiger partial charge in [-0.15, -0.1) is 0 Å². The second-order valence-corrected chi connectivity index (χ2v) is 4.25. The lowest BCUT2D eigenvalue weighted by atomic mass is 10.2. The first kappa shape index (κ1) is 9.16. The number of benzene rings is 1. The van der Waals surface area contributed by atoms with E-state index in [0.29, 0.717) is 16.9 Å². The van der Waals surface area contributed by atoms with Crippen LogP contribution in [-0.2, 0) is 0 Å². The van der Waals surface area contributed by atoms with Gasteiger partial charge in [-0.05, 0) is 25.0 Å². The van der Waals surface area contributed by atoms with Crippen LogP contribution in [0.15, 0.2) is 18.3 Å². The highest BCUT2D eigenvalue weighted by Gasteiger charge is 2.25. The maximum atomic E-state index is 13.6. The van der Waals surface area contributed by atoms with Crippen molar-refractivity contribution < 1.29 is 8.78 Å². The molecule has 0 atom stereocenters. The van der Waals surface area contributed by atoms with Gasteiger partial charge in [0.15, 0.2) is 5.82 Å². The number of nitrogens with zero attached hydrogens (tertiary/aromatic N) is 1. The standard InChI is InChI=1S/C11H8ClF2N/c12-10-8(13)5-9-7(11(10)14)3-4-15(9)6-1-2-6/h3-6H,1-2H2. The van der Waals surface area contributed by atoms with Gasteiger partial charge < -0.3 is 4.57 Å². The Labute approximate surface area is 90.3 Å². The molecule has 1 aliphatic carbocycles. The molecule has 0 amide bonds. The minimum atomic E-state index is -0.692. The van der Waals surface area contributed by atoms with Crippen molar-refractivity contribution in [3.8, 4) is 0 Å². The molecule has 1 fully saturated rings. The molecule has 1 aromatic heterocycles. The van der Waals surface area contributed by atoms with Gasteiger partial charge in [0.1, 0.15) is 10.8 Å². The summed E-state index contributed by atoms with van der Waals surface area (Å²) in [5.41, 5.74) is 0.594. The van der Waals surface area contributed by atoms with Gasteiger partial charge >= 0.3 is 0 Å². The van der Waals surface area contributed by atoms with E-state index in [1.807, 2.05) is 4.57 Å². The summed E-state index contributed by atoms with van der Waals surface area (Å²) in [6, 6.07) is 3.36. The molecule has 1 saturated carbocycles. The molecular weight excluding hydrogens is 220 g/mol. The van der Waals surface area contributed by atoms with E-state index in [1.165, 1.54) is 6.07 Å². The highest BCUT2D eigenvalue weighted by molar-refractivity contribution is 6.31. The summed E-state index contributed by atoms with van der Waals surface area (Å²) < 4.78 is 28.8. The van der Waals surface area contributed by atoms with E-state index in [9.17, 15) is 8.78 Å². The zero-order valence-electron chi connectivity index (χ0n) is 7.80. The van der Waals surface area contributed by atoms with Gasteiger partial charge in [0.25, 0.3) is 0 Å². The van der Waals surface area contributed by atoms with Crippen LogP contribution < -0.4 is 0 Å². The lowest BCUT2D eigenvalue weighted by Crippen LogP contribution is -1.93. The van der Waals surface area contributed by atoms with Gasteiger partial charge in [0, 0.05) is 17.6 Å². The van der Waals surface area contributed by atoms with Crippen LogP contribution in [0.2, 0.25) is 5.02 Å². The van der Waals surface area contributed by atoms with Crippen LogP contribution in [0.1, 0.15) is 18.9 Å². The van der Waals surface area contributed by atoms with Gasteiger partial charge in [-0.1, -0.05) is 11.6 Å². The summed E-state index contributed by atoms with van der Waals surface area (Å²) in [6.45, 7) is 0. The van der Waals surface area contributed by atoms with E-state index in [1.54, 1.807) is 12.3 Å². The highest BCUT2D eigenvalue weighted by Crippen LogP contribution is 2.39. The lowest BCUT2D eigenvalue weighted by molar-refractivity contribution is 0.591. The predicted octanol–water partition coefficient (Wildman–Crippen LogP) is 3.91. The quantitative estimate of drug-likeness (QED) is 0.651. The Bertz CT molecular complexity index is 543. The number of hydrogen-bond donors (Lipinski definition) is 0. The van der Waals surface area contributed by atoms with E-state index < -0.39 is 16.7 Å². The summed E-state index contributed by atoms with van der Waals surface area (Å²) in [6.07, 6.45) is 3.95. The molecule has 0 N–H and O–H groups in total. The zero-order chi connectivity index (χ0) is 10.6. The molecule has 0 aliphatic heterocycles. The largest absolute Gasteiger partial charge is 0.344 e. The van der Waals surface area contributed by atoms with E-state index >= 15 is 0 Å². The predicted molar refractivity (Wildman–Crippen MR) is 55.1 cm³/mol. The monoisotopic (exact) mass is 227 g/mol. The van der Waals surface area contributed by atoms with E-state index in [-0.39, 0.29) is 0 Å². The molecule has 0 saturated heterocycles. The van der Waals surface area contributed by atoms with Crippen LogP contribution in [0.3, 0.4) is 0 Å². The van der Waals surface area contributed by atoms with Crippen molar-refractivity contribution in [3.05, 3.63) is 35.0 Å². The Hall–Kier alpha value is -1.09. The molecule has 78 valence electrons. The average Bonchev–Trinajstić information content (AvgIpc) is 2.97. The Kier molecular flexibility index (Phi) is 1.80. The molecule has 0 radical (unpaired) electrons. The summed E-state index contributed by atoms with van der Waals surface area (Å²) in [5.74, 6) is -1.35. The van der Waals surface area contributed by atoms with Gasteiger partial charge in [0.05, 0.1) is 5.52 Å². The third kappa shape index (κ3) is 1.26. The molecule has 4 heteroatoms. The molecule has 1 aromatic carbocycles. The summed E-state index contributed by atoms with van der Waals surface area (Å²) in [7, 11) is 0. The fourth-order valence-electron chi connectivity index (χ4n) is 1.88. The Morgan fingerprint density at radius 3 is 2.73 bits per heavy atom. The normalized spacial score (nSPS) is 16.2. The van der Waals surface area contributed by atoms with Crippen LogP contribution in [0.25, 0.3) is 10.9 Å². The smallest absolute Gasteiger partial charge is 0.154 e. The molecule has 0 unspecified atom stereocenters. The molecular formula is C11H8ClF2N. The Balaban J connectivity index is 2.35.